The molecule has 104 valence electrons. The lowest BCUT2D eigenvalue weighted by Crippen LogP contribution is -2.24. The topological polar surface area (TPSA) is 35.8 Å². The largest absolute Gasteiger partial charge is 0.404 e. The normalized spacial score (nSPS) is 20.1. The number of benzene rings is 1. The number of hydrogen-bond donors (Lipinski definition) is 1. The smallest absolute Gasteiger partial charge is 0.0648 e. The van der Waals surface area contributed by atoms with Crippen LogP contribution < -0.4 is 0 Å². The molecule has 1 heterocycles. The van der Waals surface area contributed by atoms with Crippen molar-refractivity contribution in [2.45, 2.75) is 24.8 Å². The second-order valence-electron chi connectivity index (χ2n) is 4.50. The van der Waals surface area contributed by atoms with E-state index in [1.165, 1.54) is 5.56 Å². The summed E-state index contributed by atoms with van der Waals surface area (Å²) in [6.07, 6.45) is 1.68. The van der Waals surface area contributed by atoms with Crippen LogP contribution in [0.25, 0.3) is 0 Å². The average molecular weight is 301 g/mol. The number of rotatable bonds is 2. The predicted molar refractivity (Wildman–Crippen MR) is 80.6 cm³/mol. The number of halogens is 2. The van der Waals surface area contributed by atoms with Crippen molar-refractivity contribution < 1.29 is 5.21 Å². The van der Waals surface area contributed by atoms with Gasteiger partial charge in [-0.15, -0.1) is 24.0 Å². The standard InChI is InChI=1S/C14H17ClN2O.ClH/c15-14-7-9-17(8-6-13(14)10-16-18)11-12-4-2-1-3-5-12;/h1-5,14,18H,6-9,11H2;1H. The third-order valence-electron chi connectivity index (χ3n) is 3.22. The van der Waals surface area contributed by atoms with Gasteiger partial charge in [0.15, 0.2) is 0 Å². The lowest BCUT2D eigenvalue weighted by Gasteiger charge is -2.19. The average Bonchev–Trinajstić information content (AvgIpc) is 2.56. The van der Waals surface area contributed by atoms with Crippen LogP contribution in [0.5, 0.6) is 0 Å². The van der Waals surface area contributed by atoms with Crippen molar-refractivity contribution in [1.29, 1.82) is 0 Å². The van der Waals surface area contributed by atoms with Crippen LogP contribution >= 0.6 is 24.0 Å². The first-order valence-corrected chi connectivity index (χ1v) is 6.59. The Bertz CT molecular complexity index is 444. The number of hydrogen-bond acceptors (Lipinski definition) is 3. The highest BCUT2D eigenvalue weighted by atomic mass is 35.5. The minimum absolute atomic E-state index is 0. The van der Waals surface area contributed by atoms with Crippen molar-refractivity contribution in [2.24, 2.45) is 5.16 Å². The maximum atomic E-state index is 8.55. The van der Waals surface area contributed by atoms with E-state index in [1.54, 1.807) is 0 Å². The van der Waals surface area contributed by atoms with Gasteiger partial charge in [0.25, 0.3) is 0 Å². The van der Waals surface area contributed by atoms with E-state index in [2.05, 4.69) is 40.2 Å². The van der Waals surface area contributed by atoms with E-state index >= 15 is 0 Å². The van der Waals surface area contributed by atoms with Crippen molar-refractivity contribution in [1.82, 2.24) is 4.90 Å². The van der Waals surface area contributed by atoms with E-state index in [9.17, 15) is 0 Å². The van der Waals surface area contributed by atoms with Gasteiger partial charge < -0.3 is 5.21 Å². The zero-order valence-corrected chi connectivity index (χ0v) is 12.2. The fourth-order valence-electron chi connectivity index (χ4n) is 2.21. The Hall–Kier alpha value is -0.990. The van der Waals surface area contributed by atoms with Gasteiger partial charge in [-0.05, 0) is 23.6 Å². The van der Waals surface area contributed by atoms with E-state index in [0.717, 1.165) is 38.0 Å². The summed E-state index contributed by atoms with van der Waals surface area (Å²) in [6, 6.07) is 10.4. The summed E-state index contributed by atoms with van der Waals surface area (Å²) in [5.74, 6) is 2.60. The molecule has 19 heavy (non-hydrogen) atoms. The summed E-state index contributed by atoms with van der Waals surface area (Å²) < 4.78 is 0. The van der Waals surface area contributed by atoms with E-state index in [0.29, 0.717) is 0 Å². The molecule has 1 saturated heterocycles. The Balaban J connectivity index is 0.00000180. The Morgan fingerprint density at radius 1 is 1.32 bits per heavy atom. The van der Waals surface area contributed by atoms with Crippen LogP contribution in [0, 0.1) is 0 Å². The Labute approximate surface area is 125 Å². The lowest BCUT2D eigenvalue weighted by molar-refractivity contribution is 0.279. The molecule has 0 aromatic heterocycles. The SMILES string of the molecule is Cl.ON=C=C1CCN(Cc2ccccc2)CCC1Cl. The van der Waals surface area contributed by atoms with E-state index in [1.807, 2.05) is 6.07 Å². The zero-order chi connectivity index (χ0) is 12.8. The Kier molecular flexibility index (Phi) is 6.96. The van der Waals surface area contributed by atoms with Gasteiger partial charge in [-0.1, -0.05) is 30.3 Å². The summed E-state index contributed by atoms with van der Waals surface area (Å²) >= 11 is 6.24. The number of nitrogens with zero attached hydrogens (tertiary/aromatic N) is 2. The Morgan fingerprint density at radius 3 is 2.74 bits per heavy atom. The van der Waals surface area contributed by atoms with E-state index < -0.39 is 0 Å². The molecule has 0 aliphatic carbocycles. The Morgan fingerprint density at radius 2 is 2.05 bits per heavy atom. The van der Waals surface area contributed by atoms with Gasteiger partial charge in [0.05, 0.1) is 5.38 Å². The first-order valence-electron chi connectivity index (χ1n) is 6.16. The van der Waals surface area contributed by atoms with Crippen LogP contribution in [-0.2, 0) is 6.54 Å². The first-order chi connectivity index (χ1) is 8.79. The molecule has 1 aromatic carbocycles. The lowest BCUT2D eigenvalue weighted by atomic mass is 10.1. The minimum Gasteiger partial charge on any atom is -0.404 e. The van der Waals surface area contributed by atoms with E-state index in [4.69, 9.17) is 16.8 Å². The van der Waals surface area contributed by atoms with Gasteiger partial charge in [-0.25, -0.2) is 0 Å². The molecule has 3 nitrogen and oxygen atoms in total. The van der Waals surface area contributed by atoms with Crippen molar-refractivity contribution in [3.05, 3.63) is 41.5 Å². The van der Waals surface area contributed by atoms with Crippen LogP contribution in [0.1, 0.15) is 18.4 Å². The molecule has 0 radical (unpaired) electrons. The summed E-state index contributed by atoms with van der Waals surface area (Å²) in [5.41, 5.74) is 2.21. The molecule has 0 bridgehead atoms. The molecule has 2 rings (SSSR count). The molecule has 1 N–H and O–H groups in total. The number of likely N-dealkylation sites (tertiary alicyclic amines) is 1. The molecule has 0 saturated carbocycles. The molecular formula is C14H18Cl2N2O. The van der Waals surface area contributed by atoms with Gasteiger partial charge >= 0.3 is 0 Å². The first kappa shape index (κ1) is 16.1. The van der Waals surface area contributed by atoms with Gasteiger partial charge in [-0.3, -0.25) is 4.90 Å². The van der Waals surface area contributed by atoms with Crippen molar-refractivity contribution in [2.75, 3.05) is 13.1 Å². The highest BCUT2D eigenvalue weighted by Crippen LogP contribution is 2.21. The summed E-state index contributed by atoms with van der Waals surface area (Å²) in [5, 5.41) is 11.5. The van der Waals surface area contributed by atoms with Crippen molar-refractivity contribution in [3.8, 4) is 0 Å². The minimum atomic E-state index is -0.0679. The quantitative estimate of drug-likeness (QED) is 0.394. The van der Waals surface area contributed by atoms with Crippen LogP contribution in [0.3, 0.4) is 0 Å². The summed E-state index contributed by atoms with van der Waals surface area (Å²) in [4.78, 5) is 2.37. The monoisotopic (exact) mass is 300 g/mol. The highest BCUT2D eigenvalue weighted by molar-refractivity contribution is 6.23. The van der Waals surface area contributed by atoms with Crippen LogP contribution in [-0.4, -0.2) is 34.4 Å². The molecule has 1 atom stereocenters. The fraction of sp³-hybridized carbons (Fsp3) is 0.429. The molecule has 1 aliphatic heterocycles. The van der Waals surface area contributed by atoms with Crippen LogP contribution in [0.2, 0.25) is 0 Å². The maximum Gasteiger partial charge on any atom is 0.0648 e. The predicted octanol–water partition coefficient (Wildman–Crippen LogP) is 3.30. The summed E-state index contributed by atoms with van der Waals surface area (Å²) in [7, 11) is 0. The maximum absolute atomic E-state index is 8.55. The number of alkyl halides is 1. The van der Waals surface area contributed by atoms with Crippen molar-refractivity contribution in [3.63, 3.8) is 0 Å². The van der Waals surface area contributed by atoms with Gasteiger partial charge in [0, 0.05) is 31.1 Å². The molecule has 0 spiro atoms. The zero-order valence-electron chi connectivity index (χ0n) is 10.6. The third-order valence-corrected chi connectivity index (χ3v) is 3.70. The molecule has 1 aliphatic rings. The molecule has 5 heteroatoms. The molecule has 0 amide bonds. The van der Waals surface area contributed by atoms with Gasteiger partial charge in [0.1, 0.15) is 0 Å². The molecule has 1 unspecified atom stereocenters. The third kappa shape index (κ3) is 4.88. The second-order valence-corrected chi connectivity index (χ2v) is 5.03. The van der Waals surface area contributed by atoms with Gasteiger partial charge in [0.2, 0.25) is 0 Å². The molecule has 1 fully saturated rings. The molecule has 1 aromatic rings. The van der Waals surface area contributed by atoms with Crippen LogP contribution in [0.4, 0.5) is 0 Å². The highest BCUT2D eigenvalue weighted by Gasteiger charge is 2.19. The second kappa shape index (κ2) is 8.23. The fourth-order valence-corrected chi connectivity index (χ4v) is 2.46. The van der Waals surface area contributed by atoms with Crippen LogP contribution in [0.15, 0.2) is 41.1 Å². The molecular weight excluding hydrogens is 283 g/mol. The van der Waals surface area contributed by atoms with E-state index in [-0.39, 0.29) is 17.8 Å². The van der Waals surface area contributed by atoms with Crippen molar-refractivity contribution >= 4 is 29.9 Å². The summed E-state index contributed by atoms with van der Waals surface area (Å²) in [6.45, 7) is 2.82. The van der Waals surface area contributed by atoms with Gasteiger partial charge in [-0.2, -0.15) is 0 Å².